The van der Waals surface area contributed by atoms with Gasteiger partial charge >= 0.3 is 0 Å². The number of carbonyl (C=O) groups excluding carboxylic acids is 1. The monoisotopic (exact) mass is 411 g/mol. The number of pyridine rings is 1. The molecule has 30 heavy (non-hydrogen) atoms. The second-order valence-corrected chi connectivity index (χ2v) is 8.04. The van der Waals surface area contributed by atoms with Gasteiger partial charge in [0, 0.05) is 36.0 Å². The number of hydrogen-bond acceptors (Lipinski definition) is 4. The van der Waals surface area contributed by atoms with E-state index >= 15 is 4.39 Å². The summed E-state index contributed by atoms with van der Waals surface area (Å²) < 4.78 is 21.2. The summed E-state index contributed by atoms with van der Waals surface area (Å²) in [5.41, 5.74) is 4.49. The normalized spacial score (nSPS) is 14.7. The highest BCUT2D eigenvalue weighted by atomic mass is 19.1. The van der Waals surface area contributed by atoms with E-state index in [2.05, 4.69) is 28.8 Å². The van der Waals surface area contributed by atoms with Gasteiger partial charge in [-0.3, -0.25) is 9.79 Å². The molecule has 0 saturated heterocycles. The van der Waals surface area contributed by atoms with Gasteiger partial charge in [-0.05, 0) is 49.3 Å². The Labute approximate surface area is 177 Å². The molecule has 1 aliphatic rings. The molecule has 1 N–H and O–H groups in total. The Morgan fingerprint density at radius 3 is 2.70 bits per heavy atom. The number of hydrogen-bond donors (Lipinski definition) is 1. The summed E-state index contributed by atoms with van der Waals surface area (Å²) in [7, 11) is 1.58. The lowest BCUT2D eigenvalue weighted by molar-refractivity contribution is 0.0937. The summed E-state index contributed by atoms with van der Waals surface area (Å²) in [5.74, 6) is -0.213. The van der Waals surface area contributed by atoms with Crippen LogP contribution in [0.15, 0.2) is 23.3 Å². The van der Waals surface area contributed by atoms with Gasteiger partial charge in [-0.25, -0.2) is 9.37 Å². The van der Waals surface area contributed by atoms with Crippen molar-refractivity contribution < 1.29 is 13.9 Å². The van der Waals surface area contributed by atoms with Gasteiger partial charge in [-0.15, -0.1) is 0 Å². The predicted molar refractivity (Wildman–Crippen MR) is 118 cm³/mol. The minimum Gasteiger partial charge on any atom is -0.418 e. The zero-order chi connectivity index (χ0) is 22.0. The van der Waals surface area contributed by atoms with Crippen LogP contribution in [0.3, 0.4) is 0 Å². The molecule has 5 nitrogen and oxygen atoms in total. The van der Waals surface area contributed by atoms with E-state index < -0.39 is 5.82 Å². The first-order valence-corrected chi connectivity index (χ1v) is 10.6. The summed E-state index contributed by atoms with van der Waals surface area (Å²) >= 11 is 0. The maximum Gasteiger partial charge on any atom is 0.258 e. The van der Waals surface area contributed by atoms with Crippen LogP contribution in [0.5, 0.6) is 5.88 Å². The van der Waals surface area contributed by atoms with E-state index in [4.69, 9.17) is 4.74 Å². The summed E-state index contributed by atoms with van der Waals surface area (Å²) in [6, 6.07) is 0. The molecule has 3 rings (SSSR count). The first-order chi connectivity index (χ1) is 14.3. The minimum absolute atomic E-state index is 0.102. The molecular weight excluding hydrogens is 381 g/mol. The zero-order valence-electron chi connectivity index (χ0n) is 18.6. The number of carbonyl (C=O) groups is 1. The number of fused-ring (bicyclic) bond motifs is 3. The van der Waals surface area contributed by atoms with E-state index in [1.54, 1.807) is 25.4 Å². The lowest BCUT2D eigenvalue weighted by Gasteiger charge is -2.19. The van der Waals surface area contributed by atoms with E-state index in [0.29, 0.717) is 24.1 Å². The number of ether oxygens (including phenoxy) is 1. The van der Waals surface area contributed by atoms with Crippen LogP contribution in [0.4, 0.5) is 4.39 Å². The van der Waals surface area contributed by atoms with Gasteiger partial charge in [0.05, 0.1) is 5.69 Å². The molecule has 0 bridgehead atoms. The van der Waals surface area contributed by atoms with Crippen LogP contribution in [0.1, 0.15) is 74.1 Å². The number of nitrogens with zero attached hydrogens (tertiary/aromatic N) is 2. The fourth-order valence-corrected chi connectivity index (χ4v) is 3.86. The summed E-state index contributed by atoms with van der Waals surface area (Å²) in [4.78, 5) is 24.7. The van der Waals surface area contributed by atoms with E-state index in [-0.39, 0.29) is 29.4 Å². The van der Waals surface area contributed by atoms with E-state index in [1.165, 1.54) is 0 Å². The predicted octanol–water partition coefficient (Wildman–Crippen LogP) is 5.65. The van der Waals surface area contributed by atoms with Crippen molar-refractivity contribution in [2.45, 2.75) is 59.8 Å². The van der Waals surface area contributed by atoms with E-state index in [9.17, 15) is 4.79 Å². The SMILES string of the molecule is C/C=C\C(=NC)Oc1ncc2c(c1F)-c1[nH]c(C(C)CC)c(C(=O)C(C)C)c1CC2. The van der Waals surface area contributed by atoms with Gasteiger partial charge in [0.25, 0.3) is 5.88 Å². The number of ketones is 1. The smallest absolute Gasteiger partial charge is 0.258 e. The molecule has 1 unspecified atom stereocenters. The number of aliphatic imine (C=N–C) groups is 1. The van der Waals surface area contributed by atoms with Crippen LogP contribution in [0.2, 0.25) is 0 Å². The molecule has 0 radical (unpaired) electrons. The van der Waals surface area contributed by atoms with Gasteiger partial charge in [-0.1, -0.05) is 33.8 Å². The summed E-state index contributed by atoms with van der Waals surface area (Å²) in [5, 5.41) is 0. The second-order valence-electron chi connectivity index (χ2n) is 8.04. The molecule has 2 aromatic heterocycles. The third-order valence-electron chi connectivity index (χ3n) is 5.70. The van der Waals surface area contributed by atoms with Crippen molar-refractivity contribution in [2.75, 3.05) is 7.05 Å². The fourth-order valence-electron chi connectivity index (χ4n) is 3.86. The number of aromatic amines is 1. The van der Waals surface area contributed by atoms with Gasteiger partial charge in [-0.2, -0.15) is 0 Å². The standard InChI is InChI=1S/C24H30FN3O2/c1-7-9-17(26-6)30-24-20(25)18-15(12-27-24)10-11-16-19(23(29)13(3)4)21(14(5)8-2)28-22(16)18/h7,9,12-14,28H,8,10-11H2,1-6H3/b9-7-,26-17?. The van der Waals surface area contributed by atoms with Crippen LogP contribution in [-0.4, -0.2) is 28.7 Å². The molecule has 0 fully saturated rings. The lowest BCUT2D eigenvalue weighted by atomic mass is 9.85. The molecule has 0 aliphatic heterocycles. The molecule has 1 aliphatic carbocycles. The molecule has 2 aromatic rings. The van der Waals surface area contributed by atoms with Gasteiger partial charge in [0.15, 0.2) is 11.6 Å². The molecular formula is C24H30FN3O2. The van der Waals surface area contributed by atoms with Crippen LogP contribution in [0, 0.1) is 11.7 Å². The second kappa shape index (κ2) is 8.94. The highest BCUT2D eigenvalue weighted by Gasteiger charge is 2.32. The van der Waals surface area contributed by atoms with Crippen molar-refractivity contribution in [3.8, 4) is 17.1 Å². The number of aryl methyl sites for hydroxylation is 1. The maximum atomic E-state index is 15.6. The first kappa shape index (κ1) is 21.9. The van der Waals surface area contributed by atoms with Crippen LogP contribution in [-0.2, 0) is 12.8 Å². The van der Waals surface area contributed by atoms with Crippen molar-refractivity contribution in [2.24, 2.45) is 10.9 Å². The van der Waals surface area contributed by atoms with E-state index in [0.717, 1.165) is 28.8 Å². The number of nitrogens with one attached hydrogen (secondary N) is 1. The number of H-pyrrole nitrogens is 1. The molecule has 0 amide bonds. The molecule has 0 saturated carbocycles. The third-order valence-corrected chi connectivity index (χ3v) is 5.70. The number of aromatic nitrogens is 2. The molecule has 1 atom stereocenters. The fraction of sp³-hybridized carbons (Fsp3) is 0.458. The molecule has 0 spiro atoms. The van der Waals surface area contributed by atoms with Crippen molar-refractivity contribution in [1.29, 1.82) is 0 Å². The average Bonchev–Trinajstić information content (AvgIpc) is 3.13. The van der Waals surface area contributed by atoms with Gasteiger partial charge in [0.1, 0.15) is 0 Å². The minimum atomic E-state index is -0.528. The molecule has 160 valence electrons. The Morgan fingerprint density at radius 2 is 2.10 bits per heavy atom. The Balaban J connectivity index is 2.19. The van der Waals surface area contributed by atoms with Crippen molar-refractivity contribution in [1.82, 2.24) is 9.97 Å². The number of Topliss-reactive ketones (excluding diaryl/α,β-unsaturated/α-hetero) is 1. The van der Waals surface area contributed by atoms with Crippen LogP contribution < -0.4 is 4.74 Å². The van der Waals surface area contributed by atoms with E-state index in [1.807, 2.05) is 20.8 Å². The largest absolute Gasteiger partial charge is 0.418 e. The summed E-state index contributed by atoms with van der Waals surface area (Å²) in [6.45, 7) is 9.82. The molecule has 2 heterocycles. The zero-order valence-corrected chi connectivity index (χ0v) is 18.6. The van der Waals surface area contributed by atoms with Crippen LogP contribution >= 0.6 is 0 Å². The summed E-state index contributed by atoms with van der Waals surface area (Å²) in [6.07, 6.45) is 7.28. The van der Waals surface area contributed by atoms with Crippen LogP contribution in [0.25, 0.3) is 11.3 Å². The Bertz CT molecular complexity index is 1020. The van der Waals surface area contributed by atoms with Crippen molar-refractivity contribution >= 4 is 11.7 Å². The van der Waals surface area contributed by atoms with Crippen molar-refractivity contribution in [3.63, 3.8) is 0 Å². The Morgan fingerprint density at radius 1 is 1.37 bits per heavy atom. The number of halogens is 1. The highest BCUT2D eigenvalue weighted by Crippen LogP contribution is 2.42. The van der Waals surface area contributed by atoms with Gasteiger partial charge in [0.2, 0.25) is 5.90 Å². The quantitative estimate of drug-likeness (QED) is 0.379. The first-order valence-electron chi connectivity index (χ1n) is 10.6. The highest BCUT2D eigenvalue weighted by molar-refractivity contribution is 6.02. The number of rotatable bonds is 6. The topological polar surface area (TPSA) is 67.3 Å². The maximum absolute atomic E-state index is 15.6. The lowest BCUT2D eigenvalue weighted by Crippen LogP contribution is -2.15. The van der Waals surface area contributed by atoms with Gasteiger partial charge < -0.3 is 9.72 Å². The average molecular weight is 412 g/mol. The number of allylic oxidation sites excluding steroid dienone is 1. The Hall–Kier alpha value is -2.76. The third kappa shape index (κ3) is 3.83. The molecule has 0 aromatic carbocycles. The molecule has 6 heteroatoms. The van der Waals surface area contributed by atoms with Crippen molar-refractivity contribution in [3.05, 3.63) is 46.6 Å². The Kier molecular flexibility index (Phi) is 6.54.